The fourth-order valence-corrected chi connectivity index (χ4v) is 3.22. The Morgan fingerprint density at radius 2 is 1.88 bits per heavy atom. The molecule has 1 heterocycles. The van der Waals surface area contributed by atoms with Gasteiger partial charge in [0.1, 0.15) is 12.4 Å². The molecule has 0 atom stereocenters. The first-order chi connectivity index (χ1) is 15.4. The van der Waals surface area contributed by atoms with E-state index in [9.17, 15) is 14.9 Å². The molecule has 3 aromatic rings. The summed E-state index contributed by atoms with van der Waals surface area (Å²) < 4.78 is 11.2. The second kappa shape index (κ2) is 9.03. The Balaban J connectivity index is 1.59. The molecule has 0 bridgehead atoms. The fraction of sp³-hybridized carbons (Fsp3) is 0.0833. The number of halogens is 1. The second-order valence-electron chi connectivity index (χ2n) is 7.05. The molecule has 32 heavy (non-hydrogen) atoms. The van der Waals surface area contributed by atoms with Crippen molar-refractivity contribution in [2.24, 2.45) is 4.99 Å². The predicted octanol–water partition coefficient (Wildman–Crippen LogP) is 5.48. The molecule has 0 saturated heterocycles. The molecule has 0 saturated carbocycles. The highest BCUT2D eigenvalue weighted by molar-refractivity contribution is 6.30. The number of aliphatic imine (C=N–C) groups is 1. The van der Waals surface area contributed by atoms with E-state index in [1.54, 1.807) is 49.4 Å². The zero-order valence-corrected chi connectivity index (χ0v) is 17.7. The number of nitrogens with zero attached hydrogens (tertiary/aromatic N) is 2. The van der Waals surface area contributed by atoms with Crippen molar-refractivity contribution < 1.29 is 19.2 Å². The maximum absolute atomic E-state index is 12.4. The van der Waals surface area contributed by atoms with Gasteiger partial charge in [0.25, 0.3) is 5.69 Å². The molecule has 0 aliphatic carbocycles. The first-order valence-corrected chi connectivity index (χ1v) is 10.0. The Kier molecular flexibility index (Phi) is 6.00. The number of hydrogen-bond donors (Lipinski definition) is 0. The van der Waals surface area contributed by atoms with Gasteiger partial charge in [0.15, 0.2) is 5.70 Å². The van der Waals surface area contributed by atoms with Crippen LogP contribution in [-0.4, -0.2) is 16.8 Å². The van der Waals surface area contributed by atoms with Crippen LogP contribution in [0, 0.1) is 17.0 Å². The molecule has 0 aromatic heterocycles. The molecular formula is C24H17ClN2O5. The summed E-state index contributed by atoms with van der Waals surface area (Å²) in [5, 5.41) is 11.8. The summed E-state index contributed by atoms with van der Waals surface area (Å²) in [5.74, 6) is -0.0583. The summed E-state index contributed by atoms with van der Waals surface area (Å²) in [5.41, 5.74) is 2.45. The second-order valence-corrected chi connectivity index (χ2v) is 7.48. The minimum Gasteiger partial charge on any atom is -0.488 e. The van der Waals surface area contributed by atoms with E-state index in [-0.39, 0.29) is 17.3 Å². The number of aryl methyl sites for hydroxylation is 1. The lowest BCUT2D eigenvalue weighted by atomic mass is 10.1. The number of para-hydroxylation sites is 1. The van der Waals surface area contributed by atoms with Gasteiger partial charge in [-0.05, 0) is 42.8 Å². The van der Waals surface area contributed by atoms with E-state index in [2.05, 4.69) is 4.99 Å². The van der Waals surface area contributed by atoms with Gasteiger partial charge in [-0.3, -0.25) is 10.1 Å². The molecule has 0 radical (unpaired) electrons. The van der Waals surface area contributed by atoms with Crippen LogP contribution in [-0.2, 0) is 16.1 Å². The molecule has 7 nitrogen and oxygen atoms in total. The molecule has 3 aromatic carbocycles. The Hall–Kier alpha value is -3.97. The van der Waals surface area contributed by atoms with Crippen molar-refractivity contribution in [1.29, 1.82) is 0 Å². The van der Waals surface area contributed by atoms with Crippen molar-refractivity contribution in [2.75, 3.05) is 0 Å². The first-order valence-electron chi connectivity index (χ1n) is 9.65. The van der Waals surface area contributed by atoms with Gasteiger partial charge in [-0.25, -0.2) is 9.79 Å². The average Bonchev–Trinajstić information content (AvgIpc) is 3.14. The monoisotopic (exact) mass is 448 g/mol. The number of benzene rings is 3. The van der Waals surface area contributed by atoms with Crippen molar-refractivity contribution in [3.05, 3.63) is 110 Å². The minimum absolute atomic E-state index is 0.0175. The summed E-state index contributed by atoms with van der Waals surface area (Å²) in [4.78, 5) is 27.3. The quantitative estimate of drug-likeness (QED) is 0.215. The highest BCUT2D eigenvalue weighted by Crippen LogP contribution is 2.27. The van der Waals surface area contributed by atoms with Crippen LogP contribution >= 0.6 is 11.6 Å². The molecule has 4 rings (SSSR count). The topological polar surface area (TPSA) is 91.0 Å². The Morgan fingerprint density at radius 1 is 1.12 bits per heavy atom. The van der Waals surface area contributed by atoms with Crippen molar-refractivity contribution >= 4 is 35.2 Å². The third-order valence-electron chi connectivity index (χ3n) is 4.79. The highest BCUT2D eigenvalue weighted by atomic mass is 35.5. The Morgan fingerprint density at radius 3 is 2.62 bits per heavy atom. The summed E-state index contributed by atoms with van der Waals surface area (Å²) in [6, 6.07) is 19.1. The first kappa shape index (κ1) is 21.3. The normalized spacial score (nSPS) is 14.2. The summed E-state index contributed by atoms with van der Waals surface area (Å²) in [7, 11) is 0. The molecule has 0 spiro atoms. The highest BCUT2D eigenvalue weighted by Gasteiger charge is 2.26. The lowest BCUT2D eigenvalue weighted by molar-refractivity contribution is -0.385. The molecule has 1 aliphatic rings. The van der Waals surface area contributed by atoms with Crippen molar-refractivity contribution in [3.63, 3.8) is 0 Å². The number of ether oxygens (including phenoxy) is 2. The number of carbonyl (C=O) groups is 1. The number of hydrogen-bond acceptors (Lipinski definition) is 6. The number of rotatable bonds is 6. The van der Waals surface area contributed by atoms with E-state index in [4.69, 9.17) is 21.1 Å². The van der Waals surface area contributed by atoms with Crippen molar-refractivity contribution in [2.45, 2.75) is 13.5 Å². The lowest BCUT2D eigenvalue weighted by Crippen LogP contribution is -2.06. The Bertz CT molecular complexity index is 1270. The van der Waals surface area contributed by atoms with Gasteiger partial charge in [-0.2, -0.15) is 0 Å². The van der Waals surface area contributed by atoms with Crippen molar-refractivity contribution in [3.8, 4) is 5.75 Å². The average molecular weight is 449 g/mol. The van der Waals surface area contributed by atoms with E-state index in [0.29, 0.717) is 34.1 Å². The molecule has 0 unspecified atom stereocenters. The number of esters is 1. The summed E-state index contributed by atoms with van der Waals surface area (Å²) in [6.45, 7) is 1.96. The summed E-state index contributed by atoms with van der Waals surface area (Å²) in [6.07, 6.45) is 1.56. The molecular weight excluding hydrogens is 432 g/mol. The molecule has 1 aliphatic heterocycles. The smallest absolute Gasteiger partial charge is 0.363 e. The summed E-state index contributed by atoms with van der Waals surface area (Å²) >= 11 is 5.91. The van der Waals surface area contributed by atoms with Crippen LogP contribution in [0.4, 0.5) is 5.69 Å². The molecule has 0 N–H and O–H groups in total. The van der Waals surface area contributed by atoms with Gasteiger partial charge in [0, 0.05) is 27.8 Å². The number of nitro benzene ring substituents is 1. The van der Waals surface area contributed by atoms with Gasteiger partial charge in [0.05, 0.1) is 4.92 Å². The maximum atomic E-state index is 12.4. The van der Waals surface area contributed by atoms with Crippen LogP contribution < -0.4 is 4.74 Å². The molecule has 0 amide bonds. The van der Waals surface area contributed by atoms with E-state index < -0.39 is 10.9 Å². The largest absolute Gasteiger partial charge is 0.488 e. The van der Waals surface area contributed by atoms with Gasteiger partial charge in [-0.1, -0.05) is 48.0 Å². The van der Waals surface area contributed by atoms with E-state index in [1.165, 1.54) is 6.07 Å². The SMILES string of the molecule is Cc1ccc(C2=N/C(=C\c3ccccc3OCc3ccc(Cl)cc3)C(=O)O2)cc1[N+](=O)[O-]. The number of cyclic esters (lactones) is 1. The fourth-order valence-electron chi connectivity index (χ4n) is 3.09. The van der Waals surface area contributed by atoms with Crippen molar-refractivity contribution in [1.82, 2.24) is 0 Å². The number of nitro groups is 1. The van der Waals surface area contributed by atoms with E-state index >= 15 is 0 Å². The van der Waals surface area contributed by atoms with Gasteiger partial charge >= 0.3 is 5.97 Å². The minimum atomic E-state index is -0.643. The zero-order valence-electron chi connectivity index (χ0n) is 16.9. The van der Waals surface area contributed by atoms with Gasteiger partial charge in [0.2, 0.25) is 5.90 Å². The zero-order chi connectivity index (χ0) is 22.7. The van der Waals surface area contributed by atoms with Crippen LogP contribution in [0.2, 0.25) is 5.02 Å². The van der Waals surface area contributed by atoms with Gasteiger partial charge in [-0.15, -0.1) is 0 Å². The van der Waals surface area contributed by atoms with Crippen LogP contribution in [0.3, 0.4) is 0 Å². The standard InChI is InChI=1S/C24H17ClN2O5/c1-15-6-9-18(13-21(15)27(29)30)23-26-20(24(28)32-23)12-17-4-2-3-5-22(17)31-14-16-7-10-19(25)11-8-16/h2-13H,14H2,1H3/b20-12-. The van der Waals surface area contributed by atoms with Crippen LogP contribution in [0.1, 0.15) is 22.3 Å². The molecule has 0 fully saturated rings. The Labute approximate surface area is 188 Å². The van der Waals surface area contributed by atoms with Crippen LogP contribution in [0.5, 0.6) is 5.75 Å². The third-order valence-corrected chi connectivity index (χ3v) is 5.04. The number of carbonyl (C=O) groups excluding carboxylic acids is 1. The van der Waals surface area contributed by atoms with Crippen LogP contribution in [0.25, 0.3) is 6.08 Å². The molecule has 160 valence electrons. The molecule has 8 heteroatoms. The lowest BCUT2D eigenvalue weighted by Gasteiger charge is -2.09. The van der Waals surface area contributed by atoms with Gasteiger partial charge < -0.3 is 9.47 Å². The van der Waals surface area contributed by atoms with E-state index in [1.807, 2.05) is 24.3 Å². The predicted molar refractivity (Wildman–Crippen MR) is 121 cm³/mol. The third kappa shape index (κ3) is 4.68. The van der Waals surface area contributed by atoms with E-state index in [0.717, 1.165) is 5.56 Å². The van der Waals surface area contributed by atoms with Crippen LogP contribution in [0.15, 0.2) is 77.4 Å². The maximum Gasteiger partial charge on any atom is 0.363 e.